The summed E-state index contributed by atoms with van der Waals surface area (Å²) in [6.07, 6.45) is 6.88. The van der Waals surface area contributed by atoms with E-state index in [1.165, 1.54) is 25.1 Å². The van der Waals surface area contributed by atoms with E-state index in [2.05, 4.69) is 14.8 Å². The Morgan fingerprint density at radius 1 is 1.33 bits per heavy atom. The van der Waals surface area contributed by atoms with E-state index in [0.29, 0.717) is 0 Å². The van der Waals surface area contributed by atoms with Crippen molar-refractivity contribution in [3.05, 3.63) is 11.6 Å². The van der Waals surface area contributed by atoms with E-state index in [1.807, 2.05) is 6.92 Å². The van der Waals surface area contributed by atoms with Crippen molar-refractivity contribution in [1.29, 1.82) is 0 Å². The molecule has 2 heterocycles. The summed E-state index contributed by atoms with van der Waals surface area (Å²) >= 11 is 0. The molecule has 0 amide bonds. The summed E-state index contributed by atoms with van der Waals surface area (Å²) in [6.45, 7) is 3.14. The zero-order valence-electron chi connectivity index (χ0n) is 9.45. The quantitative estimate of drug-likeness (QED) is 0.814. The number of hydrogen-bond donors (Lipinski definition) is 1. The highest BCUT2D eigenvalue weighted by atomic mass is 15.3. The third-order valence-corrected chi connectivity index (χ3v) is 3.01. The van der Waals surface area contributed by atoms with Crippen LogP contribution in [0.5, 0.6) is 0 Å². The molecule has 0 saturated heterocycles. The van der Waals surface area contributed by atoms with Gasteiger partial charge in [-0.15, -0.1) is 10.2 Å². The van der Waals surface area contributed by atoms with Crippen LogP contribution in [0.4, 0.5) is 0 Å². The minimum atomic E-state index is 0.253. The van der Waals surface area contributed by atoms with E-state index in [9.17, 15) is 0 Å². The fraction of sp³-hybridized carbons (Fsp3) is 0.818. The first-order chi connectivity index (χ1) is 7.27. The third kappa shape index (κ3) is 2.56. The SMILES string of the molecule is CC(N)CCc1nnc2n1CCCCC2. The summed E-state index contributed by atoms with van der Waals surface area (Å²) in [7, 11) is 0. The molecule has 1 aromatic rings. The van der Waals surface area contributed by atoms with Gasteiger partial charge in [0.05, 0.1) is 0 Å². The van der Waals surface area contributed by atoms with E-state index in [4.69, 9.17) is 5.73 Å². The molecule has 84 valence electrons. The zero-order chi connectivity index (χ0) is 10.7. The van der Waals surface area contributed by atoms with Crippen LogP contribution in [0.3, 0.4) is 0 Å². The van der Waals surface area contributed by atoms with Crippen LogP contribution in [0.1, 0.15) is 44.3 Å². The van der Waals surface area contributed by atoms with Crippen LogP contribution in [0.25, 0.3) is 0 Å². The monoisotopic (exact) mass is 208 g/mol. The van der Waals surface area contributed by atoms with Gasteiger partial charge in [-0.25, -0.2) is 0 Å². The van der Waals surface area contributed by atoms with E-state index in [0.717, 1.165) is 31.6 Å². The molecule has 0 saturated carbocycles. The van der Waals surface area contributed by atoms with Crippen LogP contribution in [-0.4, -0.2) is 20.8 Å². The van der Waals surface area contributed by atoms with Gasteiger partial charge in [-0.1, -0.05) is 6.42 Å². The Balaban J connectivity index is 2.08. The Kier molecular flexibility index (Phi) is 3.36. The maximum atomic E-state index is 5.76. The van der Waals surface area contributed by atoms with Crippen molar-refractivity contribution < 1.29 is 0 Å². The molecule has 1 unspecified atom stereocenters. The van der Waals surface area contributed by atoms with Crippen LogP contribution >= 0.6 is 0 Å². The van der Waals surface area contributed by atoms with Crippen molar-refractivity contribution in [3.8, 4) is 0 Å². The molecule has 2 N–H and O–H groups in total. The average Bonchev–Trinajstić information content (AvgIpc) is 2.44. The minimum Gasteiger partial charge on any atom is -0.328 e. The first-order valence-corrected chi connectivity index (χ1v) is 5.94. The van der Waals surface area contributed by atoms with Crippen LogP contribution in [-0.2, 0) is 19.4 Å². The normalized spacial score (nSPS) is 18.3. The Labute approximate surface area is 90.9 Å². The molecule has 2 rings (SSSR count). The van der Waals surface area contributed by atoms with Gasteiger partial charge in [0, 0.05) is 25.4 Å². The van der Waals surface area contributed by atoms with Gasteiger partial charge in [-0.2, -0.15) is 0 Å². The summed E-state index contributed by atoms with van der Waals surface area (Å²) in [6, 6.07) is 0.253. The smallest absolute Gasteiger partial charge is 0.133 e. The molecule has 15 heavy (non-hydrogen) atoms. The van der Waals surface area contributed by atoms with Crippen LogP contribution < -0.4 is 5.73 Å². The minimum absolute atomic E-state index is 0.253. The predicted octanol–water partition coefficient (Wildman–Crippen LogP) is 1.28. The number of fused-ring (bicyclic) bond motifs is 1. The molecule has 0 spiro atoms. The summed E-state index contributed by atoms with van der Waals surface area (Å²) < 4.78 is 2.30. The molecule has 1 aliphatic rings. The van der Waals surface area contributed by atoms with Crippen molar-refractivity contribution in [2.24, 2.45) is 5.73 Å². The molecule has 1 aliphatic heterocycles. The fourth-order valence-electron chi connectivity index (χ4n) is 2.09. The maximum absolute atomic E-state index is 5.76. The van der Waals surface area contributed by atoms with Gasteiger partial charge in [-0.3, -0.25) is 0 Å². The molecular weight excluding hydrogens is 188 g/mol. The van der Waals surface area contributed by atoms with Crippen molar-refractivity contribution in [3.63, 3.8) is 0 Å². The topological polar surface area (TPSA) is 56.7 Å². The number of hydrogen-bond acceptors (Lipinski definition) is 3. The Morgan fingerprint density at radius 3 is 3.00 bits per heavy atom. The summed E-state index contributed by atoms with van der Waals surface area (Å²) in [4.78, 5) is 0. The van der Waals surface area contributed by atoms with Gasteiger partial charge in [-0.05, 0) is 26.2 Å². The Bertz CT molecular complexity index is 316. The van der Waals surface area contributed by atoms with Gasteiger partial charge in [0.15, 0.2) is 0 Å². The summed E-state index contributed by atoms with van der Waals surface area (Å²) in [5.74, 6) is 2.30. The van der Waals surface area contributed by atoms with E-state index < -0.39 is 0 Å². The van der Waals surface area contributed by atoms with E-state index >= 15 is 0 Å². The molecule has 0 aliphatic carbocycles. The summed E-state index contributed by atoms with van der Waals surface area (Å²) in [5, 5.41) is 8.54. The van der Waals surface area contributed by atoms with Gasteiger partial charge in [0.1, 0.15) is 11.6 Å². The van der Waals surface area contributed by atoms with Crippen LogP contribution in [0.2, 0.25) is 0 Å². The molecule has 1 aromatic heterocycles. The maximum Gasteiger partial charge on any atom is 0.133 e. The number of rotatable bonds is 3. The highest BCUT2D eigenvalue weighted by Crippen LogP contribution is 2.15. The number of nitrogens with zero attached hydrogens (tertiary/aromatic N) is 3. The lowest BCUT2D eigenvalue weighted by Crippen LogP contribution is -2.17. The molecular formula is C11H20N4. The van der Waals surface area contributed by atoms with Crippen molar-refractivity contribution >= 4 is 0 Å². The lowest BCUT2D eigenvalue weighted by Gasteiger charge is -2.07. The Hall–Kier alpha value is -0.900. The first kappa shape index (κ1) is 10.6. The number of nitrogens with two attached hydrogens (primary N) is 1. The molecule has 0 aromatic carbocycles. The number of aromatic nitrogens is 3. The largest absolute Gasteiger partial charge is 0.328 e. The molecule has 0 bridgehead atoms. The van der Waals surface area contributed by atoms with Crippen molar-refractivity contribution in [2.45, 2.75) is 58.0 Å². The second kappa shape index (κ2) is 4.75. The second-order valence-electron chi connectivity index (χ2n) is 4.51. The van der Waals surface area contributed by atoms with Gasteiger partial charge < -0.3 is 10.3 Å². The van der Waals surface area contributed by atoms with Crippen molar-refractivity contribution in [2.75, 3.05) is 0 Å². The van der Waals surface area contributed by atoms with E-state index in [-0.39, 0.29) is 6.04 Å². The van der Waals surface area contributed by atoms with Gasteiger partial charge >= 0.3 is 0 Å². The van der Waals surface area contributed by atoms with Gasteiger partial charge in [0.2, 0.25) is 0 Å². The molecule has 0 fully saturated rings. The standard InChI is InChI=1S/C11H20N4/c1-9(12)6-7-11-14-13-10-5-3-2-4-8-15(10)11/h9H,2-8,12H2,1H3. The highest BCUT2D eigenvalue weighted by Gasteiger charge is 2.14. The zero-order valence-corrected chi connectivity index (χ0v) is 9.45. The molecule has 4 heteroatoms. The van der Waals surface area contributed by atoms with E-state index in [1.54, 1.807) is 0 Å². The number of aryl methyl sites for hydroxylation is 2. The molecule has 0 radical (unpaired) electrons. The lowest BCUT2D eigenvalue weighted by molar-refractivity contribution is 0.577. The summed E-state index contributed by atoms with van der Waals surface area (Å²) in [5.41, 5.74) is 5.76. The van der Waals surface area contributed by atoms with Gasteiger partial charge in [0.25, 0.3) is 0 Å². The molecule has 4 nitrogen and oxygen atoms in total. The van der Waals surface area contributed by atoms with Crippen LogP contribution in [0, 0.1) is 0 Å². The van der Waals surface area contributed by atoms with Crippen molar-refractivity contribution in [1.82, 2.24) is 14.8 Å². The Morgan fingerprint density at radius 2 is 2.20 bits per heavy atom. The first-order valence-electron chi connectivity index (χ1n) is 5.94. The fourth-order valence-corrected chi connectivity index (χ4v) is 2.09. The van der Waals surface area contributed by atoms with Crippen LogP contribution in [0.15, 0.2) is 0 Å². The highest BCUT2D eigenvalue weighted by molar-refractivity contribution is 4.98. The predicted molar refractivity (Wildman–Crippen MR) is 59.5 cm³/mol. The lowest BCUT2D eigenvalue weighted by atomic mass is 10.2. The molecule has 1 atom stereocenters. The second-order valence-corrected chi connectivity index (χ2v) is 4.51. The third-order valence-electron chi connectivity index (χ3n) is 3.01. The average molecular weight is 208 g/mol.